The molecule has 150 valence electrons. The van der Waals surface area contributed by atoms with Crippen molar-refractivity contribution in [2.24, 2.45) is 5.92 Å². The molecule has 7 heteroatoms. The maximum atomic E-state index is 13.0. The van der Waals surface area contributed by atoms with E-state index in [-0.39, 0.29) is 12.1 Å². The summed E-state index contributed by atoms with van der Waals surface area (Å²) in [6, 6.07) is 7.70. The number of hydrogen-bond donors (Lipinski definition) is 1. The first kappa shape index (κ1) is 18.8. The predicted octanol–water partition coefficient (Wildman–Crippen LogP) is 3.43. The van der Waals surface area contributed by atoms with Crippen LogP contribution in [0.15, 0.2) is 28.8 Å². The Hall–Kier alpha value is -2.54. The molecule has 5 rings (SSSR count). The molecular formula is C21H28N4O3. The minimum Gasteiger partial charge on any atom is -0.495 e. The first-order valence-corrected chi connectivity index (χ1v) is 9.90. The normalized spacial score (nSPS) is 22.2. The lowest BCUT2D eigenvalue weighted by Gasteiger charge is -2.36. The van der Waals surface area contributed by atoms with Gasteiger partial charge in [0.25, 0.3) is 0 Å². The monoisotopic (exact) mass is 384 g/mol. The highest BCUT2D eigenvalue weighted by molar-refractivity contribution is 5.91. The second kappa shape index (κ2) is 7.83. The van der Waals surface area contributed by atoms with E-state index in [1.807, 2.05) is 43.0 Å². The topological polar surface area (TPSA) is 70.8 Å². The summed E-state index contributed by atoms with van der Waals surface area (Å²) < 4.78 is 10.7. The Balaban J connectivity index is 1.46. The highest BCUT2D eigenvalue weighted by atomic mass is 16.5. The summed E-state index contributed by atoms with van der Waals surface area (Å²) in [6.45, 7) is 7.46. The molecule has 0 spiro atoms. The highest BCUT2D eigenvalue weighted by Crippen LogP contribution is 2.31. The van der Waals surface area contributed by atoms with Gasteiger partial charge >= 0.3 is 6.03 Å². The van der Waals surface area contributed by atoms with Crippen molar-refractivity contribution in [1.29, 1.82) is 0 Å². The van der Waals surface area contributed by atoms with Crippen LogP contribution in [0.4, 0.5) is 10.5 Å². The number of carbonyl (C=O) groups is 1. The van der Waals surface area contributed by atoms with Gasteiger partial charge in [-0.05, 0) is 44.7 Å². The van der Waals surface area contributed by atoms with Crippen LogP contribution in [0.1, 0.15) is 29.9 Å². The molecule has 3 aliphatic heterocycles. The van der Waals surface area contributed by atoms with Crippen LogP contribution in [0.5, 0.6) is 5.75 Å². The molecule has 1 aromatic heterocycles. The van der Waals surface area contributed by atoms with Crippen LogP contribution in [-0.2, 0) is 6.54 Å². The number of methoxy groups -OCH3 is 1. The molecule has 1 aromatic carbocycles. The minimum atomic E-state index is -0.0432. The third-order valence-electron chi connectivity index (χ3n) is 5.96. The Morgan fingerprint density at radius 3 is 2.82 bits per heavy atom. The molecule has 3 aliphatic rings. The van der Waals surface area contributed by atoms with Gasteiger partial charge in [0.1, 0.15) is 11.5 Å². The molecule has 3 saturated heterocycles. The fraction of sp³-hybridized carbons (Fsp3) is 0.524. The zero-order valence-electron chi connectivity index (χ0n) is 16.8. The van der Waals surface area contributed by atoms with Crippen LogP contribution in [0.3, 0.4) is 0 Å². The number of ether oxygens (including phenoxy) is 1. The van der Waals surface area contributed by atoms with Crippen molar-refractivity contribution < 1.29 is 14.1 Å². The Morgan fingerprint density at radius 2 is 2.07 bits per heavy atom. The first-order valence-electron chi connectivity index (χ1n) is 9.90. The summed E-state index contributed by atoms with van der Waals surface area (Å²) in [5.74, 6) is 2.05. The zero-order chi connectivity index (χ0) is 19.7. The van der Waals surface area contributed by atoms with Gasteiger partial charge in [0.2, 0.25) is 0 Å². The van der Waals surface area contributed by atoms with E-state index < -0.39 is 0 Å². The summed E-state index contributed by atoms with van der Waals surface area (Å²) in [7, 11) is 1.62. The second-order valence-corrected chi connectivity index (χ2v) is 7.88. The van der Waals surface area contributed by atoms with Crippen molar-refractivity contribution in [3.8, 4) is 5.75 Å². The van der Waals surface area contributed by atoms with E-state index in [0.29, 0.717) is 17.4 Å². The molecule has 2 atom stereocenters. The number of nitrogens with one attached hydrogen (secondary N) is 1. The van der Waals surface area contributed by atoms with Crippen LogP contribution in [-0.4, -0.2) is 53.8 Å². The van der Waals surface area contributed by atoms with Crippen LogP contribution in [0.2, 0.25) is 0 Å². The summed E-state index contributed by atoms with van der Waals surface area (Å²) >= 11 is 0. The summed E-state index contributed by atoms with van der Waals surface area (Å²) in [5.41, 5.74) is 2.84. The van der Waals surface area contributed by atoms with Crippen molar-refractivity contribution >= 4 is 11.7 Å². The molecule has 0 radical (unpaired) electrons. The number of urea groups is 1. The number of rotatable bonds is 4. The fourth-order valence-electron chi connectivity index (χ4n) is 4.44. The predicted molar refractivity (Wildman–Crippen MR) is 106 cm³/mol. The average molecular weight is 384 g/mol. The number of anilines is 1. The standard InChI is InChI=1S/C21H28N4O3/c1-14-18(15(2)28-23-14)13-24-10-16-8-9-17(12-24)25(11-16)21(26)22-19-6-4-5-7-20(19)27-3/h4-7,16-17H,8-13H2,1-3H3,(H,22,26)/t16-,17+/m0/s1. The lowest BCUT2D eigenvalue weighted by atomic mass is 9.95. The van der Waals surface area contributed by atoms with Crippen LogP contribution >= 0.6 is 0 Å². The molecule has 2 amide bonds. The summed E-state index contributed by atoms with van der Waals surface area (Å²) in [4.78, 5) is 17.5. The second-order valence-electron chi connectivity index (χ2n) is 7.88. The zero-order valence-corrected chi connectivity index (χ0v) is 16.8. The maximum absolute atomic E-state index is 13.0. The quantitative estimate of drug-likeness (QED) is 0.874. The van der Waals surface area contributed by atoms with Gasteiger partial charge in [-0.2, -0.15) is 0 Å². The molecule has 2 aromatic rings. The number of benzene rings is 1. The van der Waals surface area contributed by atoms with E-state index in [4.69, 9.17) is 9.26 Å². The van der Waals surface area contributed by atoms with E-state index >= 15 is 0 Å². The van der Waals surface area contributed by atoms with Crippen LogP contribution < -0.4 is 10.1 Å². The van der Waals surface area contributed by atoms with Gasteiger partial charge in [-0.1, -0.05) is 17.3 Å². The van der Waals surface area contributed by atoms with Crippen molar-refractivity contribution in [2.75, 3.05) is 32.1 Å². The number of para-hydroxylation sites is 2. The van der Waals surface area contributed by atoms with Gasteiger partial charge in [0, 0.05) is 37.8 Å². The molecule has 2 bridgehead atoms. The molecule has 0 saturated carbocycles. The van der Waals surface area contributed by atoms with E-state index in [2.05, 4.69) is 15.4 Å². The summed E-state index contributed by atoms with van der Waals surface area (Å²) in [5, 5.41) is 7.12. The number of aromatic nitrogens is 1. The van der Waals surface area contributed by atoms with Crippen molar-refractivity contribution in [1.82, 2.24) is 15.0 Å². The molecule has 1 N–H and O–H groups in total. The Labute approximate surface area is 165 Å². The first-order chi connectivity index (χ1) is 13.5. The van der Waals surface area contributed by atoms with Crippen molar-refractivity contribution in [2.45, 2.75) is 39.3 Å². The van der Waals surface area contributed by atoms with Crippen LogP contribution in [0, 0.1) is 19.8 Å². The number of amides is 2. The van der Waals surface area contributed by atoms with Gasteiger partial charge in [0.05, 0.1) is 18.5 Å². The molecule has 0 unspecified atom stereocenters. The van der Waals surface area contributed by atoms with E-state index in [9.17, 15) is 4.79 Å². The highest BCUT2D eigenvalue weighted by Gasteiger charge is 2.37. The molecule has 0 aliphatic carbocycles. The number of hydrogen-bond acceptors (Lipinski definition) is 5. The van der Waals surface area contributed by atoms with Gasteiger partial charge < -0.3 is 19.5 Å². The largest absolute Gasteiger partial charge is 0.495 e. The third kappa shape index (κ3) is 3.71. The van der Waals surface area contributed by atoms with E-state index in [1.165, 1.54) is 12.0 Å². The molecule has 7 nitrogen and oxygen atoms in total. The Bertz CT molecular complexity index is 830. The number of carbonyl (C=O) groups excluding carboxylic acids is 1. The van der Waals surface area contributed by atoms with Crippen LogP contribution in [0.25, 0.3) is 0 Å². The lowest BCUT2D eigenvalue weighted by Crippen LogP contribution is -2.49. The number of piperidine rings is 1. The van der Waals surface area contributed by atoms with Gasteiger partial charge in [-0.25, -0.2) is 4.79 Å². The molecule has 4 heterocycles. The average Bonchev–Trinajstić information content (AvgIpc) is 2.88. The van der Waals surface area contributed by atoms with E-state index in [1.54, 1.807) is 7.11 Å². The minimum absolute atomic E-state index is 0.0432. The third-order valence-corrected chi connectivity index (χ3v) is 5.96. The van der Waals surface area contributed by atoms with Crippen molar-refractivity contribution in [3.05, 3.63) is 41.3 Å². The van der Waals surface area contributed by atoms with Gasteiger partial charge in [-0.3, -0.25) is 4.90 Å². The molecule has 3 fully saturated rings. The molecule has 28 heavy (non-hydrogen) atoms. The number of fused-ring (bicyclic) bond motifs is 4. The molecular weight excluding hydrogens is 356 g/mol. The van der Waals surface area contributed by atoms with E-state index in [0.717, 1.165) is 44.1 Å². The Kier molecular flexibility index (Phi) is 5.26. The number of nitrogens with zero attached hydrogens (tertiary/aromatic N) is 3. The Morgan fingerprint density at radius 1 is 1.25 bits per heavy atom. The smallest absolute Gasteiger partial charge is 0.322 e. The fourth-order valence-corrected chi connectivity index (χ4v) is 4.44. The maximum Gasteiger partial charge on any atom is 0.322 e. The lowest BCUT2D eigenvalue weighted by molar-refractivity contribution is 0.151. The SMILES string of the molecule is COc1ccccc1NC(=O)N1C[C@H]2CC[C@@H]1CN(Cc1c(C)noc1C)C2. The van der Waals surface area contributed by atoms with Gasteiger partial charge in [-0.15, -0.1) is 0 Å². The summed E-state index contributed by atoms with van der Waals surface area (Å²) in [6.07, 6.45) is 2.21. The van der Waals surface area contributed by atoms with Gasteiger partial charge in [0.15, 0.2) is 0 Å². The number of aryl methyl sites for hydroxylation is 2. The van der Waals surface area contributed by atoms with Crippen molar-refractivity contribution in [3.63, 3.8) is 0 Å².